The lowest BCUT2D eigenvalue weighted by Crippen LogP contribution is -2.23. The minimum Gasteiger partial charge on any atom is -0.494 e. The van der Waals surface area contributed by atoms with Gasteiger partial charge >= 0.3 is 0 Å². The number of imidazole rings is 1. The second-order valence-electron chi connectivity index (χ2n) is 5.93. The van der Waals surface area contributed by atoms with Crippen molar-refractivity contribution in [2.75, 3.05) is 6.61 Å². The van der Waals surface area contributed by atoms with Crippen molar-refractivity contribution in [2.45, 2.75) is 26.8 Å². The Bertz CT molecular complexity index is 889. The molecule has 0 saturated carbocycles. The normalized spacial score (nSPS) is 10.5. The van der Waals surface area contributed by atoms with Gasteiger partial charge in [-0.1, -0.05) is 13.0 Å². The lowest BCUT2D eigenvalue weighted by molar-refractivity contribution is 0.0950. The molecule has 3 rings (SSSR count). The van der Waals surface area contributed by atoms with E-state index in [1.807, 2.05) is 48.9 Å². The fourth-order valence-electron chi connectivity index (χ4n) is 2.55. The number of pyridine rings is 1. The van der Waals surface area contributed by atoms with Crippen molar-refractivity contribution in [2.24, 2.45) is 0 Å². The number of carbonyl (C=O) groups is 1. The minimum absolute atomic E-state index is 0.135. The maximum Gasteiger partial charge on any atom is 0.251 e. The van der Waals surface area contributed by atoms with Gasteiger partial charge in [0, 0.05) is 30.7 Å². The molecule has 6 nitrogen and oxygen atoms in total. The van der Waals surface area contributed by atoms with Crippen LogP contribution in [0.2, 0.25) is 0 Å². The summed E-state index contributed by atoms with van der Waals surface area (Å²) in [4.78, 5) is 21.0. The summed E-state index contributed by atoms with van der Waals surface area (Å²) >= 11 is 0. The van der Waals surface area contributed by atoms with E-state index in [0.717, 1.165) is 23.6 Å². The van der Waals surface area contributed by atoms with Gasteiger partial charge in [0.15, 0.2) is 0 Å². The number of nitrogens with one attached hydrogen (secondary N) is 1. The maximum absolute atomic E-state index is 12.4. The zero-order valence-electron chi connectivity index (χ0n) is 15.0. The van der Waals surface area contributed by atoms with Crippen LogP contribution in [0.15, 0.2) is 55.0 Å². The first-order chi connectivity index (χ1) is 12.7. The van der Waals surface area contributed by atoms with Crippen molar-refractivity contribution < 1.29 is 9.53 Å². The summed E-state index contributed by atoms with van der Waals surface area (Å²) in [5.41, 5.74) is 1.55. The third-order valence-electron chi connectivity index (χ3n) is 3.90. The molecule has 134 valence electrons. The van der Waals surface area contributed by atoms with Gasteiger partial charge in [-0.2, -0.15) is 0 Å². The van der Waals surface area contributed by atoms with Crippen LogP contribution in [0, 0.1) is 6.92 Å². The number of aryl methyl sites for hydroxylation is 1. The van der Waals surface area contributed by atoms with E-state index in [4.69, 9.17) is 4.74 Å². The Morgan fingerprint density at radius 3 is 2.85 bits per heavy atom. The Labute approximate surface area is 152 Å². The van der Waals surface area contributed by atoms with Gasteiger partial charge in [0.2, 0.25) is 0 Å². The molecule has 0 fully saturated rings. The Balaban J connectivity index is 1.66. The van der Waals surface area contributed by atoms with E-state index in [1.54, 1.807) is 24.5 Å². The van der Waals surface area contributed by atoms with Crippen LogP contribution in [0.25, 0.3) is 5.82 Å². The maximum atomic E-state index is 12.4. The molecule has 0 atom stereocenters. The van der Waals surface area contributed by atoms with Gasteiger partial charge in [0.25, 0.3) is 5.91 Å². The molecule has 26 heavy (non-hydrogen) atoms. The van der Waals surface area contributed by atoms with E-state index in [9.17, 15) is 4.79 Å². The molecular formula is C20H22N4O2. The molecule has 0 spiro atoms. The Morgan fingerprint density at radius 1 is 1.19 bits per heavy atom. The predicted molar refractivity (Wildman–Crippen MR) is 99.5 cm³/mol. The molecule has 0 radical (unpaired) electrons. The molecule has 1 aromatic carbocycles. The summed E-state index contributed by atoms with van der Waals surface area (Å²) in [6.45, 7) is 5.02. The predicted octanol–water partition coefficient (Wildman–Crippen LogP) is 3.29. The summed E-state index contributed by atoms with van der Waals surface area (Å²) in [6, 6.07) is 11.0. The van der Waals surface area contributed by atoms with Gasteiger partial charge in [-0.3, -0.25) is 9.36 Å². The molecule has 6 heteroatoms. The monoisotopic (exact) mass is 350 g/mol. The third kappa shape index (κ3) is 4.27. The van der Waals surface area contributed by atoms with E-state index in [2.05, 4.69) is 15.3 Å². The molecule has 0 aliphatic heterocycles. The highest BCUT2D eigenvalue weighted by Gasteiger charge is 2.08. The van der Waals surface area contributed by atoms with Crippen LogP contribution < -0.4 is 10.1 Å². The first-order valence-electron chi connectivity index (χ1n) is 8.63. The molecule has 0 aliphatic carbocycles. The summed E-state index contributed by atoms with van der Waals surface area (Å²) in [5, 5.41) is 2.94. The fraction of sp³-hybridized carbons (Fsp3) is 0.250. The van der Waals surface area contributed by atoms with Crippen molar-refractivity contribution in [3.8, 4) is 11.6 Å². The average Bonchev–Trinajstić information content (AvgIpc) is 3.11. The SMILES string of the molecule is CCCOc1cccc(C(=O)NCc2ccnc(-n3ccnc3C)c2)c1. The van der Waals surface area contributed by atoms with Gasteiger partial charge in [-0.25, -0.2) is 9.97 Å². The molecule has 0 aliphatic rings. The van der Waals surface area contributed by atoms with Crippen LogP contribution in [-0.2, 0) is 6.54 Å². The minimum atomic E-state index is -0.135. The van der Waals surface area contributed by atoms with E-state index in [1.165, 1.54) is 0 Å². The van der Waals surface area contributed by atoms with E-state index in [-0.39, 0.29) is 5.91 Å². The van der Waals surface area contributed by atoms with E-state index >= 15 is 0 Å². The van der Waals surface area contributed by atoms with Gasteiger partial charge < -0.3 is 10.1 Å². The molecule has 0 saturated heterocycles. The number of hydrogen-bond donors (Lipinski definition) is 1. The molecule has 2 aromatic heterocycles. The summed E-state index contributed by atoms with van der Waals surface area (Å²) < 4.78 is 7.48. The van der Waals surface area contributed by atoms with E-state index in [0.29, 0.717) is 24.5 Å². The first-order valence-corrected chi connectivity index (χ1v) is 8.63. The molecule has 1 amide bonds. The van der Waals surface area contributed by atoms with Gasteiger partial charge in [-0.05, 0) is 49.2 Å². The van der Waals surface area contributed by atoms with E-state index < -0.39 is 0 Å². The number of benzene rings is 1. The largest absolute Gasteiger partial charge is 0.494 e. The fourth-order valence-corrected chi connectivity index (χ4v) is 2.55. The zero-order chi connectivity index (χ0) is 18.4. The van der Waals surface area contributed by atoms with Gasteiger partial charge in [0.05, 0.1) is 6.61 Å². The average molecular weight is 350 g/mol. The molecule has 3 aromatic rings. The van der Waals surface area contributed by atoms with Crippen LogP contribution in [0.1, 0.15) is 35.1 Å². The van der Waals surface area contributed by atoms with Crippen molar-refractivity contribution in [3.63, 3.8) is 0 Å². The molecule has 0 unspecified atom stereocenters. The van der Waals surface area contributed by atoms with Crippen molar-refractivity contribution >= 4 is 5.91 Å². The molecule has 2 heterocycles. The Morgan fingerprint density at radius 2 is 2.08 bits per heavy atom. The number of hydrogen-bond acceptors (Lipinski definition) is 4. The first kappa shape index (κ1) is 17.7. The molecular weight excluding hydrogens is 328 g/mol. The van der Waals surface area contributed by atoms with Gasteiger partial charge in [-0.15, -0.1) is 0 Å². The highest BCUT2D eigenvalue weighted by Crippen LogP contribution is 2.14. The lowest BCUT2D eigenvalue weighted by Gasteiger charge is -2.09. The number of rotatable bonds is 7. The number of carbonyl (C=O) groups excluding carboxylic acids is 1. The number of amides is 1. The third-order valence-corrected chi connectivity index (χ3v) is 3.90. The lowest BCUT2D eigenvalue weighted by atomic mass is 10.2. The molecule has 0 bridgehead atoms. The van der Waals surface area contributed by atoms with Gasteiger partial charge in [0.1, 0.15) is 17.4 Å². The highest BCUT2D eigenvalue weighted by molar-refractivity contribution is 5.94. The van der Waals surface area contributed by atoms with Crippen LogP contribution in [0.3, 0.4) is 0 Å². The number of ether oxygens (including phenoxy) is 1. The Kier molecular flexibility index (Phi) is 5.63. The number of nitrogens with zero attached hydrogens (tertiary/aromatic N) is 3. The second kappa shape index (κ2) is 8.29. The standard InChI is InChI=1S/C20H22N4O2/c1-3-11-26-18-6-4-5-17(13-18)20(25)23-14-16-7-8-22-19(12-16)24-10-9-21-15(24)2/h4-10,12-13H,3,11,14H2,1-2H3,(H,23,25). The summed E-state index contributed by atoms with van der Waals surface area (Å²) in [5.74, 6) is 2.22. The quantitative estimate of drug-likeness (QED) is 0.710. The smallest absolute Gasteiger partial charge is 0.251 e. The van der Waals surface area contributed by atoms with Crippen molar-refractivity contribution in [1.82, 2.24) is 19.9 Å². The van der Waals surface area contributed by atoms with Crippen LogP contribution in [-0.4, -0.2) is 27.0 Å². The van der Waals surface area contributed by atoms with Crippen molar-refractivity contribution in [1.29, 1.82) is 0 Å². The summed E-state index contributed by atoms with van der Waals surface area (Å²) in [6.07, 6.45) is 6.26. The second-order valence-corrected chi connectivity index (χ2v) is 5.93. The van der Waals surface area contributed by atoms with Crippen LogP contribution in [0.4, 0.5) is 0 Å². The number of aromatic nitrogens is 3. The zero-order valence-corrected chi connectivity index (χ0v) is 15.0. The van der Waals surface area contributed by atoms with Crippen LogP contribution >= 0.6 is 0 Å². The Hall–Kier alpha value is -3.15. The topological polar surface area (TPSA) is 69.0 Å². The van der Waals surface area contributed by atoms with Crippen LogP contribution in [0.5, 0.6) is 5.75 Å². The highest BCUT2D eigenvalue weighted by atomic mass is 16.5. The summed E-state index contributed by atoms with van der Waals surface area (Å²) in [7, 11) is 0. The molecule has 1 N–H and O–H groups in total. The van der Waals surface area contributed by atoms with Crippen molar-refractivity contribution in [3.05, 3.63) is 71.9 Å².